The van der Waals surface area contributed by atoms with E-state index in [1.54, 1.807) is 18.2 Å². The number of carbonyl (C=O) groups excluding carboxylic acids is 2. The van der Waals surface area contributed by atoms with E-state index in [-0.39, 0.29) is 5.97 Å². The third-order valence-electron chi connectivity index (χ3n) is 3.60. The van der Waals surface area contributed by atoms with Gasteiger partial charge in [0, 0.05) is 12.0 Å². The zero-order valence-corrected chi connectivity index (χ0v) is 13.2. The molecule has 4 heteroatoms. The number of benzene rings is 2. The summed E-state index contributed by atoms with van der Waals surface area (Å²) in [7, 11) is 0. The smallest absolute Gasteiger partial charge is 0.311 e. The van der Waals surface area contributed by atoms with Crippen LogP contribution in [0.1, 0.15) is 36.8 Å². The molecular formula is C19H21NO3. The van der Waals surface area contributed by atoms with Gasteiger partial charge in [-0.25, -0.2) is 0 Å². The van der Waals surface area contributed by atoms with Crippen LogP contribution in [0.2, 0.25) is 0 Å². The monoisotopic (exact) mass is 311 g/mol. The van der Waals surface area contributed by atoms with E-state index in [1.807, 2.05) is 43.3 Å². The number of hydrogen-bond donors (Lipinski definition) is 1. The molecule has 1 atom stereocenters. The minimum Gasteiger partial charge on any atom is -0.426 e. The molecule has 1 unspecified atom stereocenters. The Morgan fingerprint density at radius 2 is 1.70 bits per heavy atom. The number of para-hydroxylation sites is 1. The van der Waals surface area contributed by atoms with Crippen LogP contribution in [0.5, 0.6) is 5.75 Å². The lowest BCUT2D eigenvalue weighted by molar-refractivity contribution is -0.134. The largest absolute Gasteiger partial charge is 0.426 e. The van der Waals surface area contributed by atoms with Crippen molar-refractivity contribution in [1.29, 1.82) is 0 Å². The standard InChI is InChI=1S/C19H21NO3/c1-2-8-18(21)23-17-12-7-6-11-15(17)16(19(20)22)13-14-9-4-3-5-10-14/h3-7,9-12,16H,2,8,13H2,1H3,(H2,20,22). The first-order chi connectivity index (χ1) is 11.1. The van der Waals surface area contributed by atoms with Gasteiger partial charge in [-0.2, -0.15) is 0 Å². The van der Waals surface area contributed by atoms with E-state index in [9.17, 15) is 9.59 Å². The molecule has 23 heavy (non-hydrogen) atoms. The maximum absolute atomic E-state index is 11.9. The van der Waals surface area contributed by atoms with E-state index in [0.29, 0.717) is 30.6 Å². The van der Waals surface area contributed by atoms with Crippen molar-refractivity contribution in [3.63, 3.8) is 0 Å². The van der Waals surface area contributed by atoms with Gasteiger partial charge in [-0.05, 0) is 24.5 Å². The quantitative estimate of drug-likeness (QED) is 0.630. The van der Waals surface area contributed by atoms with Crippen LogP contribution in [0.4, 0.5) is 0 Å². The van der Waals surface area contributed by atoms with Crippen molar-refractivity contribution in [2.24, 2.45) is 5.73 Å². The predicted octanol–water partition coefficient (Wildman–Crippen LogP) is 3.20. The molecule has 0 spiro atoms. The van der Waals surface area contributed by atoms with Crippen LogP contribution in [-0.2, 0) is 16.0 Å². The summed E-state index contributed by atoms with van der Waals surface area (Å²) < 4.78 is 5.41. The number of esters is 1. The fourth-order valence-electron chi connectivity index (χ4n) is 2.45. The van der Waals surface area contributed by atoms with Crippen molar-refractivity contribution in [1.82, 2.24) is 0 Å². The molecule has 0 fully saturated rings. The van der Waals surface area contributed by atoms with Gasteiger partial charge < -0.3 is 10.5 Å². The number of hydrogen-bond acceptors (Lipinski definition) is 3. The Morgan fingerprint density at radius 1 is 1.04 bits per heavy atom. The lowest BCUT2D eigenvalue weighted by Crippen LogP contribution is -2.24. The van der Waals surface area contributed by atoms with Crippen LogP contribution in [0.15, 0.2) is 54.6 Å². The third-order valence-corrected chi connectivity index (χ3v) is 3.60. The van der Waals surface area contributed by atoms with E-state index in [0.717, 1.165) is 5.56 Å². The fourth-order valence-corrected chi connectivity index (χ4v) is 2.45. The van der Waals surface area contributed by atoms with Crippen LogP contribution in [0, 0.1) is 0 Å². The second kappa shape index (κ2) is 8.13. The van der Waals surface area contributed by atoms with E-state index < -0.39 is 11.8 Å². The highest BCUT2D eigenvalue weighted by Crippen LogP contribution is 2.29. The second-order valence-corrected chi connectivity index (χ2v) is 5.41. The average Bonchev–Trinajstić information content (AvgIpc) is 2.54. The molecule has 4 nitrogen and oxygen atoms in total. The number of rotatable bonds is 7. The highest BCUT2D eigenvalue weighted by Gasteiger charge is 2.23. The Balaban J connectivity index is 2.29. The number of amides is 1. The molecule has 2 aromatic carbocycles. The van der Waals surface area contributed by atoms with Crippen LogP contribution in [0.3, 0.4) is 0 Å². The van der Waals surface area contributed by atoms with Gasteiger partial charge in [0.2, 0.25) is 5.91 Å². The molecule has 2 aromatic rings. The lowest BCUT2D eigenvalue weighted by Gasteiger charge is -2.17. The first-order valence-corrected chi connectivity index (χ1v) is 7.74. The molecule has 1 amide bonds. The average molecular weight is 311 g/mol. The summed E-state index contributed by atoms with van der Waals surface area (Å²) in [6, 6.07) is 16.7. The van der Waals surface area contributed by atoms with Gasteiger partial charge in [-0.15, -0.1) is 0 Å². The van der Waals surface area contributed by atoms with Crippen LogP contribution in [0.25, 0.3) is 0 Å². The van der Waals surface area contributed by atoms with Crippen molar-refractivity contribution >= 4 is 11.9 Å². The van der Waals surface area contributed by atoms with Gasteiger partial charge in [0.1, 0.15) is 5.75 Å². The Kier molecular flexibility index (Phi) is 5.92. The molecule has 0 aliphatic heterocycles. The first kappa shape index (κ1) is 16.7. The Hall–Kier alpha value is -2.62. The van der Waals surface area contributed by atoms with Gasteiger partial charge in [-0.3, -0.25) is 9.59 Å². The topological polar surface area (TPSA) is 69.4 Å². The van der Waals surface area contributed by atoms with Crippen molar-refractivity contribution in [3.05, 3.63) is 65.7 Å². The molecule has 2 rings (SSSR count). The minimum absolute atomic E-state index is 0.303. The zero-order valence-electron chi connectivity index (χ0n) is 13.2. The molecule has 0 heterocycles. The Morgan fingerprint density at radius 3 is 2.35 bits per heavy atom. The van der Waals surface area contributed by atoms with E-state index in [1.165, 1.54) is 0 Å². The predicted molar refractivity (Wildman–Crippen MR) is 89.1 cm³/mol. The van der Waals surface area contributed by atoms with E-state index in [4.69, 9.17) is 10.5 Å². The highest BCUT2D eigenvalue weighted by atomic mass is 16.5. The van der Waals surface area contributed by atoms with E-state index >= 15 is 0 Å². The number of nitrogens with two attached hydrogens (primary N) is 1. The summed E-state index contributed by atoms with van der Waals surface area (Å²) in [5, 5.41) is 0. The minimum atomic E-state index is -0.539. The summed E-state index contributed by atoms with van der Waals surface area (Å²) in [6.07, 6.45) is 1.52. The Bertz CT molecular complexity index is 667. The van der Waals surface area contributed by atoms with Crippen molar-refractivity contribution in [2.75, 3.05) is 0 Å². The summed E-state index contributed by atoms with van der Waals surface area (Å²) in [5.74, 6) is -0.871. The van der Waals surface area contributed by atoms with Crippen LogP contribution < -0.4 is 10.5 Å². The van der Waals surface area contributed by atoms with Crippen molar-refractivity contribution in [3.8, 4) is 5.75 Å². The Labute approximate surface area is 136 Å². The lowest BCUT2D eigenvalue weighted by atomic mass is 9.90. The summed E-state index contributed by atoms with van der Waals surface area (Å²) in [6.45, 7) is 1.91. The molecule has 120 valence electrons. The number of ether oxygens (including phenoxy) is 1. The van der Waals surface area contributed by atoms with Gasteiger partial charge in [0.15, 0.2) is 0 Å². The molecule has 0 bridgehead atoms. The summed E-state index contributed by atoms with van der Waals surface area (Å²) in [4.78, 5) is 23.7. The molecule has 0 aliphatic rings. The highest BCUT2D eigenvalue weighted by molar-refractivity contribution is 5.84. The van der Waals surface area contributed by atoms with Gasteiger partial charge in [0.25, 0.3) is 0 Å². The van der Waals surface area contributed by atoms with Gasteiger partial charge >= 0.3 is 5.97 Å². The normalized spacial score (nSPS) is 11.7. The second-order valence-electron chi connectivity index (χ2n) is 5.41. The number of primary amides is 1. The third kappa shape index (κ3) is 4.68. The van der Waals surface area contributed by atoms with Crippen LogP contribution >= 0.6 is 0 Å². The maximum Gasteiger partial charge on any atom is 0.311 e. The van der Waals surface area contributed by atoms with Gasteiger partial charge in [-0.1, -0.05) is 55.5 Å². The molecule has 0 radical (unpaired) electrons. The zero-order chi connectivity index (χ0) is 16.7. The summed E-state index contributed by atoms with van der Waals surface area (Å²) in [5.41, 5.74) is 7.25. The molecule has 2 N–H and O–H groups in total. The van der Waals surface area contributed by atoms with Crippen molar-refractivity contribution in [2.45, 2.75) is 32.1 Å². The molecule has 0 saturated carbocycles. The van der Waals surface area contributed by atoms with E-state index in [2.05, 4.69) is 0 Å². The van der Waals surface area contributed by atoms with Crippen molar-refractivity contribution < 1.29 is 14.3 Å². The SMILES string of the molecule is CCCC(=O)Oc1ccccc1C(Cc1ccccc1)C(N)=O. The molecule has 0 saturated heterocycles. The summed E-state index contributed by atoms with van der Waals surface area (Å²) >= 11 is 0. The maximum atomic E-state index is 11.9. The molecule has 0 aliphatic carbocycles. The van der Waals surface area contributed by atoms with Gasteiger partial charge in [0.05, 0.1) is 5.92 Å². The fraction of sp³-hybridized carbons (Fsp3) is 0.263. The van der Waals surface area contributed by atoms with Crippen LogP contribution in [-0.4, -0.2) is 11.9 Å². The number of carbonyl (C=O) groups is 2. The molecular weight excluding hydrogens is 290 g/mol. The molecule has 0 aromatic heterocycles. The first-order valence-electron chi connectivity index (χ1n) is 7.74.